The fourth-order valence-electron chi connectivity index (χ4n) is 6.47. The molecule has 1 aromatic carbocycles. The standard InChI is InChI=1S/C18H22.C14H20.2CH3.2ClH.Zr/c1-2-7-15(8-3-1)9-6-10-16-13-17-11-4-5-12-18(17)14-16;1-2-3-4-7-12-10-11-13-8-5-6-9-14(12)13;;;;;/h1-5,7-8,11-12,16-18H,6,9-10,13-14H2;2,5-6,8-9,12-14H,1,3-4,7,10-11H2;2*1H3;2*1H;/q;;2*-1;;;+4/p-2. The summed E-state index contributed by atoms with van der Waals surface area (Å²) in [5, 5.41) is 0. The Labute approximate surface area is 248 Å². The van der Waals surface area contributed by atoms with E-state index in [0.717, 1.165) is 35.5 Å². The third-order valence-electron chi connectivity index (χ3n) is 8.20. The Hall–Kier alpha value is -0.617. The minimum absolute atomic E-state index is 0. The van der Waals surface area contributed by atoms with Crippen molar-refractivity contribution < 1.29 is 20.8 Å². The van der Waals surface area contributed by atoms with Crippen LogP contribution in [0.15, 0.2) is 91.6 Å². The molecule has 0 nitrogen and oxygen atoms in total. The van der Waals surface area contributed by atoms with E-state index in [1.165, 1.54) is 69.8 Å². The van der Waals surface area contributed by atoms with Crippen molar-refractivity contribution in [3.63, 3.8) is 0 Å². The van der Waals surface area contributed by atoms with Gasteiger partial charge in [0.15, 0.2) is 0 Å². The van der Waals surface area contributed by atoms with Gasteiger partial charge in [0.05, 0.1) is 0 Å². The van der Waals surface area contributed by atoms with Crippen LogP contribution in [0.2, 0.25) is 0 Å². The Morgan fingerprint density at radius 2 is 1.38 bits per heavy atom. The number of benzene rings is 1. The molecule has 0 spiro atoms. The molecule has 3 heteroatoms. The van der Waals surface area contributed by atoms with Crippen molar-refractivity contribution in [1.82, 2.24) is 0 Å². The van der Waals surface area contributed by atoms with Crippen LogP contribution in [0, 0.1) is 50.4 Å². The summed E-state index contributed by atoms with van der Waals surface area (Å²) in [5.41, 5.74) is 1.49. The first kappa shape index (κ1) is 34.4. The number of hydrogen-bond acceptors (Lipinski definition) is 0. The molecule has 0 radical (unpaired) electrons. The second-order valence-electron chi connectivity index (χ2n) is 10.5. The van der Waals surface area contributed by atoms with E-state index in [1.807, 2.05) is 6.08 Å². The number of hydrogen-bond donors (Lipinski definition) is 0. The molecule has 5 atom stereocenters. The predicted molar refractivity (Wildman–Crippen MR) is 164 cm³/mol. The van der Waals surface area contributed by atoms with E-state index in [2.05, 4.69) is 85.5 Å². The summed E-state index contributed by atoms with van der Waals surface area (Å²) >= 11 is -0.826. The zero-order valence-electron chi connectivity index (χ0n) is 23.1. The zero-order valence-corrected chi connectivity index (χ0v) is 27.1. The van der Waals surface area contributed by atoms with Gasteiger partial charge in [-0.05, 0) is 98.9 Å². The van der Waals surface area contributed by atoms with Crippen LogP contribution in [-0.4, -0.2) is 0 Å². The number of halogens is 2. The first-order chi connectivity index (χ1) is 17.2. The Bertz CT molecular complexity index is 821. The summed E-state index contributed by atoms with van der Waals surface area (Å²) < 4.78 is 0. The molecule has 0 aliphatic heterocycles. The molecule has 0 amide bonds. The van der Waals surface area contributed by atoms with Crippen LogP contribution in [0.3, 0.4) is 0 Å². The zero-order chi connectivity index (χ0) is 24.7. The van der Waals surface area contributed by atoms with Crippen LogP contribution in [-0.2, 0) is 27.3 Å². The van der Waals surface area contributed by atoms with Gasteiger partial charge >= 0.3 is 37.9 Å². The van der Waals surface area contributed by atoms with Crippen molar-refractivity contribution >= 4 is 17.0 Å². The van der Waals surface area contributed by atoms with Gasteiger partial charge in [0.2, 0.25) is 0 Å². The molecule has 2 fully saturated rings. The number of fused-ring (bicyclic) bond motifs is 2. The Balaban J connectivity index is 0.000000326. The summed E-state index contributed by atoms with van der Waals surface area (Å²) in [6, 6.07) is 10.9. The van der Waals surface area contributed by atoms with Crippen LogP contribution in [0.25, 0.3) is 0 Å². The molecule has 5 rings (SSSR count). The van der Waals surface area contributed by atoms with Gasteiger partial charge < -0.3 is 14.9 Å². The van der Waals surface area contributed by atoms with E-state index in [-0.39, 0.29) is 14.9 Å². The minimum atomic E-state index is -0.826. The van der Waals surface area contributed by atoms with E-state index >= 15 is 0 Å². The van der Waals surface area contributed by atoms with Crippen molar-refractivity contribution in [2.75, 3.05) is 0 Å². The van der Waals surface area contributed by atoms with Crippen molar-refractivity contribution in [2.24, 2.45) is 35.5 Å². The fourth-order valence-corrected chi connectivity index (χ4v) is 6.47. The monoisotopic (exact) mass is 616 g/mol. The maximum atomic E-state index is 4.93. The molecule has 202 valence electrons. The van der Waals surface area contributed by atoms with Gasteiger partial charge in [0.1, 0.15) is 0 Å². The summed E-state index contributed by atoms with van der Waals surface area (Å²) in [4.78, 5) is 0. The third kappa shape index (κ3) is 12.0. The first-order valence-electron chi connectivity index (χ1n) is 13.6. The molecule has 0 N–H and O–H groups in total. The third-order valence-corrected chi connectivity index (χ3v) is 8.20. The molecular weight excluding hydrogens is 571 g/mol. The van der Waals surface area contributed by atoms with Crippen LogP contribution >= 0.6 is 17.0 Å². The molecule has 4 aliphatic rings. The maximum absolute atomic E-state index is 4.93. The topological polar surface area (TPSA) is 0 Å². The molecule has 2 saturated carbocycles. The average molecular weight is 619 g/mol. The van der Waals surface area contributed by atoms with Gasteiger partial charge in [0, 0.05) is 0 Å². The quantitative estimate of drug-likeness (QED) is 0.154. The summed E-state index contributed by atoms with van der Waals surface area (Å²) in [5.74, 6) is 5.30. The van der Waals surface area contributed by atoms with Gasteiger partial charge in [0.25, 0.3) is 0 Å². The first-order valence-corrected chi connectivity index (χ1v) is 19.9. The molecule has 5 unspecified atom stereocenters. The Morgan fingerprint density at radius 1 is 0.784 bits per heavy atom. The van der Waals surface area contributed by atoms with E-state index < -0.39 is 20.8 Å². The van der Waals surface area contributed by atoms with Gasteiger partial charge in [-0.25, -0.2) is 0 Å². The van der Waals surface area contributed by atoms with Crippen LogP contribution in [0.5, 0.6) is 0 Å². The molecule has 1 aromatic rings. The molecular formula is C34H48Cl2Zr. The summed E-state index contributed by atoms with van der Waals surface area (Å²) in [6.07, 6.45) is 34.2. The molecule has 4 aliphatic carbocycles. The van der Waals surface area contributed by atoms with Gasteiger partial charge in [-0.1, -0.05) is 91.4 Å². The molecule has 0 aromatic heterocycles. The summed E-state index contributed by atoms with van der Waals surface area (Å²) in [6.45, 7) is 3.78. The van der Waals surface area contributed by atoms with Gasteiger partial charge in [-0.3, -0.25) is 0 Å². The second-order valence-corrected chi connectivity index (χ2v) is 14.2. The molecule has 0 heterocycles. The second kappa shape index (κ2) is 20.3. The van der Waals surface area contributed by atoms with E-state index in [0.29, 0.717) is 0 Å². The van der Waals surface area contributed by atoms with Crippen LogP contribution in [0.1, 0.15) is 63.4 Å². The van der Waals surface area contributed by atoms with Crippen molar-refractivity contribution in [1.29, 1.82) is 0 Å². The Morgan fingerprint density at radius 3 is 2.00 bits per heavy atom. The summed E-state index contributed by atoms with van der Waals surface area (Å²) in [7, 11) is 9.87. The molecule has 0 saturated heterocycles. The molecule has 37 heavy (non-hydrogen) atoms. The van der Waals surface area contributed by atoms with E-state index in [9.17, 15) is 0 Å². The molecule has 0 bridgehead atoms. The average Bonchev–Trinajstić information content (AvgIpc) is 3.50. The number of rotatable bonds is 8. The van der Waals surface area contributed by atoms with Crippen molar-refractivity contribution in [3.8, 4) is 0 Å². The number of aryl methyl sites for hydroxylation is 1. The van der Waals surface area contributed by atoms with Crippen LogP contribution in [0.4, 0.5) is 0 Å². The van der Waals surface area contributed by atoms with Gasteiger partial charge in [-0.15, -0.1) is 6.58 Å². The van der Waals surface area contributed by atoms with Crippen molar-refractivity contribution in [2.45, 2.75) is 64.2 Å². The van der Waals surface area contributed by atoms with Gasteiger partial charge in [-0.2, -0.15) is 0 Å². The predicted octanol–water partition coefficient (Wildman–Crippen LogP) is 11.2. The fraction of sp³-hybridized carbons (Fsp3) is 0.471. The number of allylic oxidation sites excluding steroid dienone is 9. The van der Waals surface area contributed by atoms with E-state index in [1.54, 1.807) is 0 Å². The SMILES string of the molecule is C1=CC2CC(CCCc3ccccc3)CC2C=C1.C=CCCCC1CCC2C=CC=CC21.[CH3-].[CH3-].[Cl][Zr+2][Cl]. The normalized spacial score (nSPS) is 27.6. The van der Waals surface area contributed by atoms with Crippen molar-refractivity contribution in [3.05, 3.63) is 112 Å². The number of unbranched alkanes of at least 4 members (excludes halogenated alkanes) is 1. The Kier molecular flexibility index (Phi) is 18.9. The van der Waals surface area contributed by atoms with E-state index in [4.69, 9.17) is 17.0 Å². The van der Waals surface area contributed by atoms with Crippen LogP contribution < -0.4 is 0 Å².